The van der Waals surface area contributed by atoms with Gasteiger partial charge in [0.2, 0.25) is 0 Å². The molecule has 0 heterocycles. The van der Waals surface area contributed by atoms with Crippen LogP contribution >= 0.6 is 0 Å². The highest BCUT2D eigenvalue weighted by Crippen LogP contribution is 2.16. The van der Waals surface area contributed by atoms with E-state index in [1.807, 2.05) is 0 Å². The smallest absolute Gasteiger partial charge is 0.151 e. The zero-order valence-electron chi connectivity index (χ0n) is 7.12. The molecule has 0 aliphatic heterocycles. The van der Waals surface area contributed by atoms with Gasteiger partial charge in [0.05, 0.1) is 11.4 Å². The van der Waals surface area contributed by atoms with Crippen LogP contribution in [0.3, 0.4) is 0 Å². The Morgan fingerprint density at radius 1 is 1.46 bits per heavy atom. The van der Waals surface area contributed by atoms with Gasteiger partial charge in [-0.2, -0.15) is 0 Å². The van der Waals surface area contributed by atoms with Gasteiger partial charge in [-0.3, -0.25) is 0 Å². The third kappa shape index (κ3) is 2.69. The molecule has 1 rings (SSSR count). The van der Waals surface area contributed by atoms with Crippen molar-refractivity contribution < 1.29 is 12.8 Å². The molecule has 5 heteroatoms. The predicted molar refractivity (Wildman–Crippen MR) is 49.4 cm³/mol. The number of rotatable bonds is 2. The molecule has 0 aliphatic rings. The number of nitrogens with two attached hydrogens (primary N) is 1. The van der Waals surface area contributed by atoms with Gasteiger partial charge < -0.3 is 5.73 Å². The van der Waals surface area contributed by atoms with E-state index in [-0.39, 0.29) is 17.0 Å². The van der Waals surface area contributed by atoms with Gasteiger partial charge in [0.25, 0.3) is 0 Å². The molecule has 1 aromatic rings. The Hall–Kier alpha value is -1.10. The number of benzene rings is 1. The Balaban J connectivity index is 3.10. The molecule has 0 saturated heterocycles. The van der Waals surface area contributed by atoms with Crippen LogP contribution in [-0.4, -0.2) is 14.7 Å². The summed E-state index contributed by atoms with van der Waals surface area (Å²) in [5.74, 6) is -0.961. The standard InChI is InChI=1S/C8H10FNO2S/c1-13(11,12)5-6-3-2-4-7(10)8(6)9/h2-4H,5,10H2,1H3. The van der Waals surface area contributed by atoms with Gasteiger partial charge in [0.1, 0.15) is 5.82 Å². The van der Waals surface area contributed by atoms with Crippen molar-refractivity contribution in [1.82, 2.24) is 0 Å². The van der Waals surface area contributed by atoms with Crippen molar-refractivity contribution in [2.24, 2.45) is 0 Å². The van der Waals surface area contributed by atoms with Crippen molar-refractivity contribution in [2.75, 3.05) is 12.0 Å². The maximum atomic E-state index is 13.1. The molecule has 13 heavy (non-hydrogen) atoms. The quantitative estimate of drug-likeness (QED) is 0.728. The Labute approximate surface area is 76.3 Å². The maximum absolute atomic E-state index is 13.1. The van der Waals surface area contributed by atoms with Gasteiger partial charge >= 0.3 is 0 Å². The predicted octanol–water partition coefficient (Wildman–Crippen LogP) is 0.953. The molecule has 1 aromatic carbocycles. The number of halogens is 1. The molecule has 0 spiro atoms. The van der Waals surface area contributed by atoms with Gasteiger partial charge in [0, 0.05) is 11.8 Å². The van der Waals surface area contributed by atoms with Crippen molar-refractivity contribution in [3.05, 3.63) is 29.6 Å². The summed E-state index contributed by atoms with van der Waals surface area (Å²) in [5, 5.41) is 0. The van der Waals surface area contributed by atoms with Crippen molar-refractivity contribution >= 4 is 15.5 Å². The molecule has 0 bridgehead atoms. The first-order valence-electron chi connectivity index (χ1n) is 3.61. The third-order valence-electron chi connectivity index (χ3n) is 1.53. The zero-order valence-corrected chi connectivity index (χ0v) is 7.94. The fourth-order valence-electron chi connectivity index (χ4n) is 0.994. The van der Waals surface area contributed by atoms with Crippen LogP contribution in [0.5, 0.6) is 0 Å². The summed E-state index contributed by atoms with van der Waals surface area (Å²) in [6.07, 6.45) is 1.05. The molecule has 0 radical (unpaired) electrons. The minimum Gasteiger partial charge on any atom is -0.396 e. The monoisotopic (exact) mass is 203 g/mol. The van der Waals surface area contributed by atoms with Crippen molar-refractivity contribution in [3.8, 4) is 0 Å². The van der Waals surface area contributed by atoms with Crippen LogP contribution < -0.4 is 5.73 Å². The highest BCUT2D eigenvalue weighted by Gasteiger charge is 2.10. The Morgan fingerprint density at radius 2 is 2.08 bits per heavy atom. The summed E-state index contributed by atoms with van der Waals surface area (Å²) in [5.41, 5.74) is 5.36. The molecule has 0 aromatic heterocycles. The van der Waals surface area contributed by atoms with Crippen LogP contribution in [0, 0.1) is 5.82 Å². The number of anilines is 1. The molecule has 0 amide bonds. The lowest BCUT2D eigenvalue weighted by atomic mass is 10.2. The minimum atomic E-state index is -3.21. The first kappa shape index (κ1) is 9.98. The molecule has 0 atom stereocenters. The van der Waals surface area contributed by atoms with E-state index in [0.717, 1.165) is 6.26 Å². The molecule has 0 fully saturated rings. The largest absolute Gasteiger partial charge is 0.396 e. The molecule has 0 saturated carbocycles. The summed E-state index contributed by atoms with van der Waals surface area (Å²) < 4.78 is 34.9. The molecule has 3 nitrogen and oxygen atoms in total. The van der Waals surface area contributed by atoms with Gasteiger partial charge in [-0.15, -0.1) is 0 Å². The van der Waals surface area contributed by atoms with Crippen LogP contribution in [0.4, 0.5) is 10.1 Å². The first-order valence-corrected chi connectivity index (χ1v) is 5.67. The van der Waals surface area contributed by atoms with E-state index in [2.05, 4.69) is 0 Å². The van der Waals surface area contributed by atoms with Crippen LogP contribution in [0.15, 0.2) is 18.2 Å². The van der Waals surface area contributed by atoms with E-state index >= 15 is 0 Å². The van der Waals surface area contributed by atoms with E-state index in [9.17, 15) is 12.8 Å². The second kappa shape index (κ2) is 3.33. The average molecular weight is 203 g/mol. The van der Waals surface area contributed by atoms with Gasteiger partial charge in [-0.1, -0.05) is 12.1 Å². The molecular weight excluding hydrogens is 193 g/mol. The second-order valence-electron chi connectivity index (χ2n) is 2.89. The van der Waals surface area contributed by atoms with E-state index in [1.54, 1.807) is 0 Å². The Morgan fingerprint density at radius 3 is 2.62 bits per heavy atom. The van der Waals surface area contributed by atoms with Crippen LogP contribution in [0.1, 0.15) is 5.56 Å². The number of sulfone groups is 1. The average Bonchev–Trinajstić information content (AvgIpc) is 1.96. The fourth-order valence-corrected chi connectivity index (χ4v) is 1.78. The topological polar surface area (TPSA) is 60.2 Å². The molecule has 0 aliphatic carbocycles. The van der Waals surface area contributed by atoms with E-state index in [1.165, 1.54) is 18.2 Å². The lowest BCUT2D eigenvalue weighted by molar-refractivity contribution is 0.593. The van der Waals surface area contributed by atoms with Crippen LogP contribution in [0.25, 0.3) is 0 Å². The zero-order chi connectivity index (χ0) is 10.1. The second-order valence-corrected chi connectivity index (χ2v) is 5.03. The SMILES string of the molecule is CS(=O)(=O)Cc1cccc(N)c1F. The number of hydrogen-bond donors (Lipinski definition) is 1. The summed E-state index contributed by atoms with van der Waals surface area (Å²) in [4.78, 5) is 0. The van der Waals surface area contributed by atoms with E-state index < -0.39 is 15.7 Å². The van der Waals surface area contributed by atoms with Gasteiger partial charge in [-0.25, -0.2) is 12.8 Å². The van der Waals surface area contributed by atoms with Crippen molar-refractivity contribution in [3.63, 3.8) is 0 Å². The molecule has 0 unspecified atom stereocenters. The van der Waals surface area contributed by atoms with Crippen LogP contribution in [0.2, 0.25) is 0 Å². The fraction of sp³-hybridized carbons (Fsp3) is 0.250. The number of nitrogen functional groups attached to an aromatic ring is 1. The van der Waals surface area contributed by atoms with Crippen molar-refractivity contribution in [1.29, 1.82) is 0 Å². The first-order chi connectivity index (χ1) is 5.90. The summed E-state index contributed by atoms with van der Waals surface area (Å²) in [6.45, 7) is 0. The summed E-state index contributed by atoms with van der Waals surface area (Å²) in [6, 6.07) is 4.33. The summed E-state index contributed by atoms with van der Waals surface area (Å²) in [7, 11) is -3.21. The van der Waals surface area contributed by atoms with Crippen LogP contribution in [-0.2, 0) is 15.6 Å². The molecule has 72 valence electrons. The lowest BCUT2D eigenvalue weighted by Gasteiger charge is -2.03. The highest BCUT2D eigenvalue weighted by molar-refractivity contribution is 7.89. The van der Waals surface area contributed by atoms with Gasteiger partial charge in [0.15, 0.2) is 9.84 Å². The maximum Gasteiger partial charge on any atom is 0.151 e. The highest BCUT2D eigenvalue weighted by atomic mass is 32.2. The molecule has 2 N–H and O–H groups in total. The van der Waals surface area contributed by atoms with E-state index in [4.69, 9.17) is 5.73 Å². The van der Waals surface area contributed by atoms with E-state index in [0.29, 0.717) is 0 Å². The van der Waals surface area contributed by atoms with Crippen molar-refractivity contribution in [2.45, 2.75) is 5.75 Å². The third-order valence-corrected chi connectivity index (χ3v) is 2.36. The normalized spacial score (nSPS) is 11.5. The number of hydrogen-bond acceptors (Lipinski definition) is 3. The summed E-state index contributed by atoms with van der Waals surface area (Å²) >= 11 is 0. The Bertz CT molecular complexity index is 414. The lowest BCUT2D eigenvalue weighted by Crippen LogP contribution is -2.04. The Kier molecular flexibility index (Phi) is 2.56. The van der Waals surface area contributed by atoms with Gasteiger partial charge in [-0.05, 0) is 6.07 Å². The minimum absolute atomic E-state index is 0.0267. The molecular formula is C8H10FNO2S.